The van der Waals surface area contributed by atoms with Crippen molar-refractivity contribution in [3.8, 4) is 0 Å². The Morgan fingerprint density at radius 1 is 0.512 bits per heavy atom. The first kappa shape index (κ1) is 33.8. The maximum absolute atomic E-state index is 15.2. The molecule has 0 bridgehead atoms. The quantitative estimate of drug-likeness (QED) is 0.0871. The van der Waals surface area contributed by atoms with Crippen LogP contribution in [0.1, 0.15) is 16.7 Å². The fraction of sp³-hybridized carbons (Fsp3) is 0.0909. The van der Waals surface area contributed by atoms with Gasteiger partial charge in [0, 0.05) is 0 Å². The zero-order valence-corrected chi connectivity index (χ0v) is 33.3. The van der Waals surface area contributed by atoms with Crippen LogP contribution in [-0.4, -0.2) is 0 Å². The van der Waals surface area contributed by atoms with E-state index in [2.05, 4.69) is 30.3 Å². The minimum atomic E-state index is -4.37. The number of halogens is 10. The average molecular weight is 1150 g/mol. The Kier molecular flexibility index (Phi) is 11.7. The summed E-state index contributed by atoms with van der Waals surface area (Å²) in [4.78, 5) is 0. The molecule has 0 fully saturated rings. The van der Waals surface area contributed by atoms with E-state index < -0.39 is 96.6 Å². The second-order valence-electron chi connectivity index (χ2n) is 9.31. The van der Waals surface area contributed by atoms with Crippen LogP contribution >= 0.6 is 22.6 Å². The third-order valence-electron chi connectivity index (χ3n) is 5.98. The molecule has 0 radical (unpaired) electrons. The van der Waals surface area contributed by atoms with Crippen LogP contribution in [0.5, 0.6) is 0 Å². The van der Waals surface area contributed by atoms with Gasteiger partial charge in [-0.1, -0.05) is 0 Å². The normalized spacial score (nSPS) is 12.0. The molecule has 0 N–H and O–H groups in total. The molecule has 5 aromatic carbocycles. The summed E-state index contributed by atoms with van der Waals surface area (Å²) < 4.78 is 77.6. The second-order valence-corrected chi connectivity index (χ2v) is 22.3. The standard InChI is InChI=1S/C33H22F5I5/c1-19-3-5-21(6-4-19)40-24-9-13-31(27(34)17-24)43-32-14-10-25(18-28(32)35)41-22-8-12-30(20(2)15-22)42-23-7-11-29(39)26(16-23)33(36,37)38/h3-18H,1-2H3/q-4. The summed E-state index contributed by atoms with van der Waals surface area (Å²) in [5.74, 6) is -0.551. The second kappa shape index (κ2) is 14.9. The van der Waals surface area contributed by atoms with Gasteiger partial charge in [0.15, 0.2) is 0 Å². The summed E-state index contributed by atoms with van der Waals surface area (Å²) in [6.07, 6.45) is -4.37. The van der Waals surface area contributed by atoms with E-state index in [1.54, 1.807) is 46.9 Å². The van der Waals surface area contributed by atoms with Crippen molar-refractivity contribution in [1.29, 1.82) is 0 Å². The van der Waals surface area contributed by atoms with Crippen molar-refractivity contribution in [1.82, 2.24) is 0 Å². The Morgan fingerprint density at radius 3 is 1.51 bits per heavy atom. The summed E-state index contributed by atoms with van der Waals surface area (Å²) in [5, 5.41) is 0. The molecule has 10 heteroatoms. The fourth-order valence-electron chi connectivity index (χ4n) is 3.83. The van der Waals surface area contributed by atoms with Gasteiger partial charge in [-0.2, -0.15) is 0 Å². The van der Waals surface area contributed by atoms with Gasteiger partial charge in [0.1, 0.15) is 0 Å². The van der Waals surface area contributed by atoms with Crippen LogP contribution in [0.4, 0.5) is 22.0 Å². The molecule has 5 rings (SSSR count). The van der Waals surface area contributed by atoms with Crippen molar-refractivity contribution >= 4 is 22.6 Å². The van der Waals surface area contributed by atoms with Crippen molar-refractivity contribution in [2.24, 2.45) is 0 Å². The van der Waals surface area contributed by atoms with Crippen LogP contribution in [0, 0.1) is 57.6 Å². The summed E-state index contributed by atoms with van der Waals surface area (Å²) in [5.41, 5.74) is 1.66. The molecule has 0 saturated heterocycles. The van der Waals surface area contributed by atoms with Gasteiger partial charge in [-0.05, 0) is 0 Å². The molecule has 0 unspecified atom stereocenters. The van der Waals surface area contributed by atoms with Gasteiger partial charge in [0.05, 0.1) is 0 Å². The summed E-state index contributed by atoms with van der Waals surface area (Å²) >= 11 is -1.18. The summed E-state index contributed by atoms with van der Waals surface area (Å²) in [6.45, 7) is 4.03. The molecule has 43 heavy (non-hydrogen) atoms. The third kappa shape index (κ3) is 9.24. The van der Waals surface area contributed by atoms with Gasteiger partial charge in [0.25, 0.3) is 0 Å². The van der Waals surface area contributed by atoms with E-state index in [9.17, 15) is 17.6 Å². The van der Waals surface area contributed by atoms with E-state index in [4.69, 9.17) is 0 Å². The van der Waals surface area contributed by atoms with Gasteiger partial charge in [-0.15, -0.1) is 0 Å². The van der Waals surface area contributed by atoms with Gasteiger partial charge >= 0.3 is 307 Å². The predicted molar refractivity (Wildman–Crippen MR) is 149 cm³/mol. The average Bonchev–Trinajstić information content (AvgIpc) is 2.94. The topological polar surface area (TPSA) is 0 Å². The number of benzene rings is 5. The molecule has 0 aliphatic heterocycles. The van der Waals surface area contributed by atoms with Crippen molar-refractivity contribution in [2.45, 2.75) is 20.0 Å². The predicted octanol–water partition coefficient (Wildman–Crippen LogP) is -3.28. The zero-order chi connectivity index (χ0) is 30.7. The Balaban J connectivity index is 1.24. The Morgan fingerprint density at radius 2 is 0.977 bits per heavy atom. The third-order valence-corrected chi connectivity index (χ3v) is 18.1. The zero-order valence-electron chi connectivity index (χ0n) is 22.5. The molecule has 0 heterocycles. The fourth-order valence-corrected chi connectivity index (χ4v) is 13.8. The first-order chi connectivity index (χ1) is 20.4. The molecule has 0 nitrogen and oxygen atoms in total. The number of aryl methyl sites for hydroxylation is 2. The van der Waals surface area contributed by atoms with Gasteiger partial charge < -0.3 is 0 Å². The molecule has 5 aromatic rings. The number of alkyl halides is 3. The van der Waals surface area contributed by atoms with E-state index in [1.165, 1.54) is 21.3 Å². The monoisotopic (exact) mass is 1150 g/mol. The Hall–Kier alpha value is -0.600. The SMILES string of the molecule is Cc1ccc([I-]c2ccc([I-]c3ccc([I-]c4ccc([I-]c5ccc(I)c(C(F)(F)F)c5)c(C)c4)cc3F)c(F)c2)cc1. The minimum absolute atomic E-state index is 0.202. The molecule has 0 amide bonds. The number of hydrogen-bond donors (Lipinski definition) is 0. The van der Waals surface area contributed by atoms with Crippen LogP contribution in [0.25, 0.3) is 0 Å². The summed E-state index contributed by atoms with van der Waals surface area (Å²) in [7, 11) is 0. The van der Waals surface area contributed by atoms with E-state index in [0.717, 1.165) is 23.4 Å². The molecule has 0 atom stereocenters. The van der Waals surface area contributed by atoms with Crippen molar-refractivity contribution in [2.75, 3.05) is 0 Å². The van der Waals surface area contributed by atoms with Crippen LogP contribution in [0.3, 0.4) is 0 Å². The van der Waals surface area contributed by atoms with Crippen LogP contribution in [-0.2, 0) is 6.18 Å². The molecule has 228 valence electrons. The van der Waals surface area contributed by atoms with Crippen molar-refractivity contribution < 1.29 is 107 Å². The van der Waals surface area contributed by atoms with E-state index in [0.29, 0.717) is 7.14 Å². The van der Waals surface area contributed by atoms with E-state index in [-0.39, 0.29) is 15.2 Å². The first-order valence-corrected chi connectivity index (χ1v) is 22.4. The van der Waals surface area contributed by atoms with E-state index >= 15 is 4.39 Å². The molecule has 0 saturated carbocycles. The summed E-state index contributed by atoms with van der Waals surface area (Å²) in [6, 6.07) is 29.8. The van der Waals surface area contributed by atoms with Crippen molar-refractivity contribution in [3.05, 3.63) is 158 Å². The molecule has 0 aliphatic rings. The van der Waals surface area contributed by atoms with Gasteiger partial charge in [-0.3, -0.25) is 0 Å². The molecular weight excluding hydrogens is 1130 g/mol. The molecule has 0 aromatic heterocycles. The molecular formula is C33H22F5I5-4. The van der Waals surface area contributed by atoms with Crippen LogP contribution in [0.2, 0.25) is 0 Å². The molecule has 0 spiro atoms. The molecule has 0 aliphatic carbocycles. The first-order valence-electron chi connectivity index (χ1n) is 12.7. The Labute approximate surface area is 302 Å². The maximum atomic E-state index is 15.2. The number of rotatable bonds is 8. The Bertz CT molecular complexity index is 1770. The van der Waals surface area contributed by atoms with E-state index in [1.807, 2.05) is 44.2 Å². The van der Waals surface area contributed by atoms with Crippen molar-refractivity contribution in [3.63, 3.8) is 0 Å². The van der Waals surface area contributed by atoms with Gasteiger partial charge in [0.2, 0.25) is 0 Å². The number of hydrogen-bond acceptors (Lipinski definition) is 0. The van der Waals surface area contributed by atoms with Crippen LogP contribution in [0.15, 0.2) is 97.1 Å². The van der Waals surface area contributed by atoms with Crippen LogP contribution < -0.4 is 84.8 Å². The van der Waals surface area contributed by atoms with Gasteiger partial charge in [-0.25, -0.2) is 0 Å².